The minimum absolute atomic E-state index is 0.140. The van der Waals surface area contributed by atoms with Crippen molar-refractivity contribution >= 4 is 5.97 Å². The number of carboxylic acids is 1. The number of likely N-dealkylation sites (N-methyl/N-ethyl adjacent to an activating group) is 1. The molecule has 1 atom stereocenters. The van der Waals surface area contributed by atoms with Crippen molar-refractivity contribution in [3.05, 3.63) is 29.8 Å². The van der Waals surface area contributed by atoms with Crippen molar-refractivity contribution in [1.82, 2.24) is 5.32 Å². The minimum atomic E-state index is -0.977. The lowest BCUT2D eigenvalue weighted by Crippen LogP contribution is -2.56. The third kappa shape index (κ3) is 3.74. The smallest absolute Gasteiger partial charge is 0.327 e. The Bertz CT molecular complexity index is 470. The molecule has 1 aromatic carbocycles. The zero-order valence-corrected chi connectivity index (χ0v) is 12.6. The highest BCUT2D eigenvalue weighted by molar-refractivity contribution is 5.80. The number of benzene rings is 1. The van der Waals surface area contributed by atoms with Crippen molar-refractivity contribution in [3.63, 3.8) is 0 Å². The summed E-state index contributed by atoms with van der Waals surface area (Å²) in [6.45, 7) is 0.824. The average molecular weight is 293 g/mol. The number of aliphatic carboxylic acids is 1. The summed E-state index contributed by atoms with van der Waals surface area (Å²) in [5, 5.41) is 12.4. The van der Waals surface area contributed by atoms with Gasteiger partial charge in [-0.3, -0.25) is 4.79 Å². The van der Waals surface area contributed by atoms with Crippen LogP contribution in [0.3, 0.4) is 0 Å². The molecule has 0 radical (unpaired) electrons. The van der Waals surface area contributed by atoms with Crippen molar-refractivity contribution in [2.24, 2.45) is 5.92 Å². The second-order valence-electron chi connectivity index (χ2n) is 5.48. The van der Waals surface area contributed by atoms with E-state index in [1.807, 2.05) is 24.3 Å². The lowest BCUT2D eigenvalue weighted by molar-refractivity contribution is -0.147. The molecule has 0 amide bonds. The first-order valence-corrected chi connectivity index (χ1v) is 7.25. The fraction of sp³-hybridized carbons (Fsp3) is 0.562. The third-order valence-electron chi connectivity index (χ3n) is 4.09. The van der Waals surface area contributed by atoms with Crippen LogP contribution in [0.4, 0.5) is 0 Å². The van der Waals surface area contributed by atoms with Gasteiger partial charge in [-0.1, -0.05) is 12.1 Å². The van der Waals surface area contributed by atoms with E-state index in [1.165, 1.54) is 5.56 Å². The maximum atomic E-state index is 11.6. The molecule has 0 aromatic heterocycles. The molecular weight excluding hydrogens is 270 g/mol. The average Bonchev–Trinajstić information content (AvgIpc) is 3.32. The second-order valence-corrected chi connectivity index (χ2v) is 5.48. The number of methoxy groups -OCH3 is 1. The highest BCUT2D eigenvalue weighted by Crippen LogP contribution is 2.40. The van der Waals surface area contributed by atoms with Crippen LogP contribution in [0, 0.1) is 5.92 Å². The summed E-state index contributed by atoms with van der Waals surface area (Å²) in [6, 6.07) is 7.71. The lowest BCUT2D eigenvalue weighted by Gasteiger charge is -2.28. The maximum absolute atomic E-state index is 11.6. The number of carboxylic acid groups (broad SMARTS) is 1. The van der Waals surface area contributed by atoms with Gasteiger partial charge < -0.3 is 19.9 Å². The monoisotopic (exact) mass is 293 g/mol. The Morgan fingerprint density at radius 3 is 2.52 bits per heavy atom. The van der Waals surface area contributed by atoms with Gasteiger partial charge in [0.15, 0.2) is 5.54 Å². The van der Waals surface area contributed by atoms with Crippen molar-refractivity contribution < 1.29 is 19.4 Å². The summed E-state index contributed by atoms with van der Waals surface area (Å²) in [6.07, 6.45) is 2.73. The SMILES string of the molecule is CNC(COc1ccc(CCOC)cc1)(C(=O)O)C1CC1. The fourth-order valence-corrected chi connectivity index (χ4v) is 2.48. The van der Waals surface area contributed by atoms with E-state index in [-0.39, 0.29) is 12.5 Å². The molecule has 0 saturated heterocycles. The Labute approximate surface area is 125 Å². The van der Waals surface area contributed by atoms with E-state index in [1.54, 1.807) is 14.2 Å². The molecule has 0 aliphatic heterocycles. The third-order valence-corrected chi connectivity index (χ3v) is 4.09. The highest BCUT2D eigenvalue weighted by atomic mass is 16.5. The van der Waals surface area contributed by atoms with E-state index in [0.717, 1.165) is 19.3 Å². The molecule has 116 valence electrons. The van der Waals surface area contributed by atoms with E-state index in [4.69, 9.17) is 9.47 Å². The van der Waals surface area contributed by atoms with Crippen molar-refractivity contribution in [3.8, 4) is 5.75 Å². The molecule has 21 heavy (non-hydrogen) atoms. The van der Waals surface area contributed by atoms with Crippen LogP contribution in [0.15, 0.2) is 24.3 Å². The Kier molecular flexibility index (Phi) is 5.20. The molecule has 1 fully saturated rings. The van der Waals surface area contributed by atoms with Crippen LogP contribution < -0.4 is 10.1 Å². The van der Waals surface area contributed by atoms with Crippen LogP contribution in [-0.2, 0) is 16.0 Å². The zero-order chi connectivity index (χ0) is 15.3. The standard InChI is InChI=1S/C16H23NO4/c1-17-16(15(18)19,13-5-6-13)11-21-14-7-3-12(4-8-14)9-10-20-2/h3-4,7-8,13,17H,5-6,9-11H2,1-2H3,(H,18,19). The van der Waals surface area contributed by atoms with Crippen molar-refractivity contribution in [2.75, 3.05) is 27.4 Å². The van der Waals surface area contributed by atoms with Gasteiger partial charge >= 0.3 is 5.97 Å². The van der Waals surface area contributed by atoms with Crippen LogP contribution in [-0.4, -0.2) is 44.0 Å². The molecule has 0 heterocycles. The number of hydrogen-bond donors (Lipinski definition) is 2. The molecule has 0 bridgehead atoms. The van der Waals surface area contributed by atoms with Gasteiger partial charge in [0.05, 0.1) is 6.61 Å². The largest absolute Gasteiger partial charge is 0.491 e. The Balaban J connectivity index is 1.96. The molecule has 1 aliphatic rings. The molecule has 2 rings (SSSR count). The summed E-state index contributed by atoms with van der Waals surface area (Å²) >= 11 is 0. The van der Waals surface area contributed by atoms with Gasteiger partial charge in [-0.05, 0) is 49.9 Å². The van der Waals surface area contributed by atoms with E-state index in [9.17, 15) is 9.90 Å². The summed E-state index contributed by atoms with van der Waals surface area (Å²) in [5.74, 6) is 0.00267. The first-order chi connectivity index (χ1) is 10.1. The molecule has 0 spiro atoms. The molecule has 1 aromatic rings. The number of rotatable bonds is 9. The normalized spacial score (nSPS) is 17.2. The van der Waals surface area contributed by atoms with Crippen LogP contribution in [0.1, 0.15) is 18.4 Å². The quantitative estimate of drug-likeness (QED) is 0.725. The summed E-state index contributed by atoms with van der Waals surface area (Å²) in [4.78, 5) is 11.6. The maximum Gasteiger partial charge on any atom is 0.327 e. The van der Waals surface area contributed by atoms with Gasteiger partial charge in [0.1, 0.15) is 12.4 Å². The number of nitrogens with one attached hydrogen (secondary N) is 1. The minimum Gasteiger partial charge on any atom is -0.491 e. The zero-order valence-electron chi connectivity index (χ0n) is 12.6. The van der Waals surface area contributed by atoms with Crippen molar-refractivity contribution in [2.45, 2.75) is 24.8 Å². The molecule has 1 aliphatic carbocycles. The summed E-state index contributed by atoms with van der Waals surface area (Å²) in [7, 11) is 3.36. The fourth-order valence-electron chi connectivity index (χ4n) is 2.48. The number of carbonyl (C=O) groups is 1. The predicted octanol–water partition coefficient (Wildman–Crippen LogP) is 1.71. The van der Waals surface area contributed by atoms with Gasteiger partial charge in [-0.15, -0.1) is 0 Å². The van der Waals surface area contributed by atoms with E-state index in [2.05, 4.69) is 5.32 Å². The molecule has 2 N–H and O–H groups in total. The Morgan fingerprint density at radius 2 is 2.05 bits per heavy atom. The van der Waals surface area contributed by atoms with Gasteiger partial charge in [0, 0.05) is 7.11 Å². The van der Waals surface area contributed by atoms with Crippen LogP contribution in [0.5, 0.6) is 5.75 Å². The molecule has 1 saturated carbocycles. The van der Waals surface area contributed by atoms with Gasteiger partial charge in [0.25, 0.3) is 0 Å². The second kappa shape index (κ2) is 6.91. The lowest BCUT2D eigenvalue weighted by atomic mass is 9.94. The van der Waals surface area contributed by atoms with Gasteiger partial charge in [0.2, 0.25) is 0 Å². The number of ether oxygens (including phenoxy) is 2. The topological polar surface area (TPSA) is 67.8 Å². The molecule has 5 heteroatoms. The number of hydrogen-bond acceptors (Lipinski definition) is 4. The molecule has 1 unspecified atom stereocenters. The first-order valence-electron chi connectivity index (χ1n) is 7.25. The predicted molar refractivity (Wildman–Crippen MR) is 79.7 cm³/mol. The van der Waals surface area contributed by atoms with Crippen molar-refractivity contribution in [1.29, 1.82) is 0 Å². The van der Waals surface area contributed by atoms with Gasteiger partial charge in [-0.25, -0.2) is 0 Å². The first kappa shape index (κ1) is 15.8. The summed E-state index contributed by atoms with van der Waals surface area (Å²) in [5.41, 5.74) is 0.193. The van der Waals surface area contributed by atoms with Crippen LogP contribution >= 0.6 is 0 Å². The van der Waals surface area contributed by atoms with E-state index < -0.39 is 11.5 Å². The van der Waals surface area contributed by atoms with E-state index in [0.29, 0.717) is 12.4 Å². The van der Waals surface area contributed by atoms with Crippen LogP contribution in [0.25, 0.3) is 0 Å². The van der Waals surface area contributed by atoms with E-state index >= 15 is 0 Å². The Morgan fingerprint density at radius 1 is 1.38 bits per heavy atom. The molecule has 5 nitrogen and oxygen atoms in total. The Hall–Kier alpha value is -1.59. The van der Waals surface area contributed by atoms with Crippen LogP contribution in [0.2, 0.25) is 0 Å². The highest BCUT2D eigenvalue weighted by Gasteiger charge is 2.51. The molecular formula is C16H23NO4. The summed E-state index contributed by atoms with van der Waals surface area (Å²) < 4.78 is 10.7. The van der Waals surface area contributed by atoms with Gasteiger partial charge in [-0.2, -0.15) is 0 Å².